The second-order valence-electron chi connectivity index (χ2n) is 5.95. The minimum atomic E-state index is -0.381. The quantitative estimate of drug-likeness (QED) is 0.475. The zero-order chi connectivity index (χ0) is 20.6. The van der Waals surface area contributed by atoms with Crippen molar-refractivity contribution in [2.45, 2.75) is 13.5 Å². The number of anilines is 1. The molecule has 1 amide bonds. The highest BCUT2D eigenvalue weighted by atomic mass is 32.1. The van der Waals surface area contributed by atoms with Crippen LogP contribution in [0.2, 0.25) is 0 Å². The molecule has 6 nitrogen and oxygen atoms in total. The Hall–Kier alpha value is -3.10. The summed E-state index contributed by atoms with van der Waals surface area (Å²) in [4.78, 5) is 30.7. The maximum atomic E-state index is 12.4. The van der Waals surface area contributed by atoms with Gasteiger partial charge in [-0.25, -0.2) is 4.79 Å². The Morgan fingerprint density at radius 2 is 1.86 bits per heavy atom. The van der Waals surface area contributed by atoms with Crippen LogP contribution in [-0.4, -0.2) is 28.6 Å². The van der Waals surface area contributed by atoms with Crippen molar-refractivity contribution in [3.05, 3.63) is 82.3 Å². The normalized spacial score (nSPS) is 10.2. The number of ether oxygens (including phenoxy) is 1. The van der Waals surface area contributed by atoms with Crippen LogP contribution in [0.25, 0.3) is 0 Å². The van der Waals surface area contributed by atoms with E-state index in [1.54, 1.807) is 54.5 Å². The highest BCUT2D eigenvalue weighted by Gasteiger charge is 2.17. The Bertz CT molecular complexity index is 974. The van der Waals surface area contributed by atoms with E-state index in [-0.39, 0.29) is 17.0 Å². The summed E-state index contributed by atoms with van der Waals surface area (Å²) >= 11 is 6.87. The molecule has 0 atom stereocenters. The van der Waals surface area contributed by atoms with Crippen molar-refractivity contribution in [2.75, 3.05) is 11.5 Å². The summed E-state index contributed by atoms with van der Waals surface area (Å²) in [6.07, 6.45) is 3.40. The number of nitrogens with zero attached hydrogens (tertiary/aromatic N) is 2. The number of benzene rings is 1. The summed E-state index contributed by atoms with van der Waals surface area (Å²) < 4.78 is 5.02. The molecular weight excluding hydrogens is 406 g/mol. The van der Waals surface area contributed by atoms with Crippen LogP contribution >= 0.6 is 23.6 Å². The number of pyridine rings is 1. The maximum Gasteiger partial charge on any atom is 0.338 e. The minimum absolute atomic E-state index is 0.257. The summed E-state index contributed by atoms with van der Waals surface area (Å²) in [5.41, 5.74) is 2.17. The van der Waals surface area contributed by atoms with Gasteiger partial charge in [0, 0.05) is 18.1 Å². The Labute approximate surface area is 178 Å². The van der Waals surface area contributed by atoms with Crippen molar-refractivity contribution in [2.24, 2.45) is 0 Å². The number of esters is 1. The summed E-state index contributed by atoms with van der Waals surface area (Å²) in [7, 11) is 0. The van der Waals surface area contributed by atoms with Crippen LogP contribution in [0, 0.1) is 0 Å². The highest BCUT2D eigenvalue weighted by Crippen LogP contribution is 2.19. The molecule has 0 aliphatic carbocycles. The van der Waals surface area contributed by atoms with Crippen LogP contribution in [0.3, 0.4) is 0 Å². The van der Waals surface area contributed by atoms with Gasteiger partial charge in [0.2, 0.25) is 0 Å². The van der Waals surface area contributed by atoms with Gasteiger partial charge in [0.05, 0.1) is 23.6 Å². The van der Waals surface area contributed by atoms with Crippen LogP contribution in [0.5, 0.6) is 0 Å². The van der Waals surface area contributed by atoms with Crippen LogP contribution in [0.1, 0.15) is 32.5 Å². The first-order valence-electron chi connectivity index (χ1n) is 8.91. The highest BCUT2D eigenvalue weighted by molar-refractivity contribution is 7.80. The molecule has 0 fully saturated rings. The van der Waals surface area contributed by atoms with Gasteiger partial charge in [0.1, 0.15) is 0 Å². The van der Waals surface area contributed by atoms with Crippen molar-refractivity contribution in [1.29, 1.82) is 0 Å². The number of thiocarbonyl (C=S) groups is 1. The molecule has 0 saturated carbocycles. The molecule has 0 aliphatic heterocycles. The lowest BCUT2D eigenvalue weighted by molar-refractivity contribution is 0.0526. The van der Waals surface area contributed by atoms with Gasteiger partial charge in [-0.1, -0.05) is 6.07 Å². The molecule has 148 valence electrons. The first kappa shape index (κ1) is 20.6. The molecule has 0 saturated heterocycles. The fourth-order valence-electron chi connectivity index (χ4n) is 2.58. The minimum Gasteiger partial charge on any atom is -0.462 e. The second-order valence-corrected chi connectivity index (χ2v) is 7.28. The van der Waals surface area contributed by atoms with Crippen molar-refractivity contribution in [1.82, 2.24) is 10.3 Å². The molecule has 3 aromatic rings. The zero-order valence-electron chi connectivity index (χ0n) is 15.7. The van der Waals surface area contributed by atoms with E-state index in [0.717, 1.165) is 11.3 Å². The number of thiophene rings is 1. The lowest BCUT2D eigenvalue weighted by atomic mass is 10.2. The van der Waals surface area contributed by atoms with Gasteiger partial charge in [0.15, 0.2) is 5.11 Å². The van der Waals surface area contributed by atoms with Crippen molar-refractivity contribution in [3.63, 3.8) is 0 Å². The summed E-state index contributed by atoms with van der Waals surface area (Å²) in [6.45, 7) is 2.51. The van der Waals surface area contributed by atoms with E-state index >= 15 is 0 Å². The number of rotatable bonds is 6. The maximum absolute atomic E-state index is 12.4. The fraction of sp³-hybridized carbons (Fsp3) is 0.143. The number of hydrogen-bond acceptors (Lipinski definition) is 6. The van der Waals surface area contributed by atoms with Gasteiger partial charge in [0.25, 0.3) is 5.91 Å². The van der Waals surface area contributed by atoms with E-state index in [4.69, 9.17) is 17.0 Å². The topological polar surface area (TPSA) is 71.5 Å². The molecule has 0 radical (unpaired) electrons. The van der Waals surface area contributed by atoms with Gasteiger partial charge in [-0.3, -0.25) is 15.1 Å². The predicted octanol–water partition coefficient (Wildman–Crippen LogP) is 4.04. The third-order valence-electron chi connectivity index (χ3n) is 3.99. The summed E-state index contributed by atoms with van der Waals surface area (Å²) in [5.74, 6) is -0.638. The molecule has 1 aromatic carbocycles. The average molecular weight is 426 g/mol. The molecular formula is C21H19N3O3S2. The van der Waals surface area contributed by atoms with Gasteiger partial charge in [-0.05, 0) is 72.5 Å². The van der Waals surface area contributed by atoms with Crippen LogP contribution < -0.4 is 10.2 Å². The third-order valence-corrected chi connectivity index (χ3v) is 5.18. The first-order valence-corrected chi connectivity index (χ1v) is 10.2. The molecule has 2 heterocycles. The molecule has 29 heavy (non-hydrogen) atoms. The van der Waals surface area contributed by atoms with E-state index in [1.165, 1.54) is 11.3 Å². The molecule has 1 N–H and O–H groups in total. The van der Waals surface area contributed by atoms with E-state index in [9.17, 15) is 9.59 Å². The standard InChI is InChI=1S/C21H19N3O3S2/c1-2-27-20(26)16-5-7-17(8-6-16)24(14-15-9-11-22-12-10-15)21(28)23-19(25)18-4-3-13-29-18/h3-13H,2,14H2,1H3,(H,23,25,28). The van der Waals surface area contributed by atoms with E-state index < -0.39 is 0 Å². The Balaban J connectivity index is 1.83. The van der Waals surface area contributed by atoms with E-state index in [0.29, 0.717) is 23.6 Å². The van der Waals surface area contributed by atoms with Crippen molar-refractivity contribution >= 4 is 46.2 Å². The molecule has 8 heteroatoms. The largest absolute Gasteiger partial charge is 0.462 e. The number of nitrogens with one attached hydrogen (secondary N) is 1. The number of aromatic nitrogens is 1. The van der Waals surface area contributed by atoms with E-state index in [2.05, 4.69) is 10.3 Å². The summed E-state index contributed by atoms with van der Waals surface area (Å²) in [5, 5.41) is 4.88. The molecule has 3 rings (SSSR count). The molecule has 2 aromatic heterocycles. The Morgan fingerprint density at radius 3 is 2.48 bits per heavy atom. The van der Waals surface area contributed by atoms with Crippen molar-refractivity contribution < 1.29 is 14.3 Å². The lowest BCUT2D eigenvalue weighted by Gasteiger charge is -2.25. The number of hydrogen-bond donors (Lipinski definition) is 1. The van der Waals surface area contributed by atoms with E-state index in [1.807, 2.05) is 23.6 Å². The molecule has 0 unspecified atom stereocenters. The fourth-order valence-corrected chi connectivity index (χ4v) is 3.46. The van der Waals surface area contributed by atoms with Crippen molar-refractivity contribution in [3.8, 4) is 0 Å². The number of carbonyl (C=O) groups excluding carboxylic acids is 2. The second kappa shape index (κ2) is 9.90. The third kappa shape index (κ3) is 5.46. The van der Waals surface area contributed by atoms with Crippen LogP contribution in [-0.2, 0) is 11.3 Å². The Morgan fingerprint density at radius 1 is 1.14 bits per heavy atom. The van der Waals surface area contributed by atoms with Gasteiger partial charge in [-0.2, -0.15) is 0 Å². The molecule has 0 aliphatic rings. The summed E-state index contributed by atoms with van der Waals surface area (Å²) in [6, 6.07) is 14.2. The van der Waals surface area contributed by atoms with Gasteiger partial charge in [-0.15, -0.1) is 11.3 Å². The monoisotopic (exact) mass is 425 g/mol. The lowest BCUT2D eigenvalue weighted by Crippen LogP contribution is -2.42. The first-order chi connectivity index (χ1) is 14.1. The average Bonchev–Trinajstić information content (AvgIpc) is 3.28. The zero-order valence-corrected chi connectivity index (χ0v) is 17.3. The number of carbonyl (C=O) groups is 2. The smallest absolute Gasteiger partial charge is 0.338 e. The van der Waals surface area contributed by atoms with Crippen LogP contribution in [0.4, 0.5) is 5.69 Å². The number of amides is 1. The van der Waals surface area contributed by atoms with Crippen LogP contribution in [0.15, 0.2) is 66.3 Å². The van der Waals surface area contributed by atoms with Gasteiger partial charge >= 0.3 is 5.97 Å². The molecule has 0 spiro atoms. The SMILES string of the molecule is CCOC(=O)c1ccc(N(Cc2ccncc2)C(=S)NC(=O)c2cccs2)cc1. The Kier molecular flexibility index (Phi) is 7.04. The predicted molar refractivity (Wildman–Crippen MR) is 117 cm³/mol. The van der Waals surface area contributed by atoms with Gasteiger partial charge < -0.3 is 9.64 Å². The molecule has 0 bridgehead atoms.